The molecule has 0 saturated heterocycles. The number of aryl methyl sites for hydroxylation is 6. The lowest BCUT2D eigenvalue weighted by molar-refractivity contribution is -0.0602. The van der Waals surface area contributed by atoms with Crippen molar-refractivity contribution in [3.63, 3.8) is 0 Å². The van der Waals surface area contributed by atoms with Gasteiger partial charge in [0.1, 0.15) is 23.0 Å². The zero-order valence-electron chi connectivity index (χ0n) is 84.0. The first-order valence-electron chi connectivity index (χ1n) is 51.4. The number of hydrogen-bond donors (Lipinski definition) is 0. The number of para-hydroxylation sites is 6. The van der Waals surface area contributed by atoms with Gasteiger partial charge >= 0.3 is 0 Å². The quantitative estimate of drug-likeness (QED) is 0.170. The standard InChI is InChI=1S/C23H27NO.2C21H27NO.C19H23NO.C19H23NS.C18H21NS/c1-14-5-3-4-6-21(14)24-15(2)22-20(7-8-25-22)23(24)18-10-16-9-17(12-18)13-19(23)11-16;2*1-13-9-8-10-15-17(13)22-14(2)18-16(11-12-23-18)21(22,7)20(5,6)19(15,3)4;2*1-14-8-4-5-9-17(14)20-15(2)18-16(10-13-21-18)19(20)11-6-3-7-12-19;1-13-7-3-4-8-16(13)19-14(2)17-15(9-12-20-17)18(19)10-5-6-11-18/h3-8,15-19H,9-13H2,1-2H3;2*8-12,14H,1-7H3;2*4-5,8-10,13,15H,3,6-7,11-12H2,1-2H3;3-4,7-9,12,14H,5-6,10-11H2,1-2H3. The topological polar surface area (TPSA) is 72.0 Å². The van der Waals surface area contributed by atoms with Crippen LogP contribution in [-0.4, -0.2) is 0 Å². The molecule has 7 fully saturated rings. The summed E-state index contributed by atoms with van der Waals surface area (Å²) < 4.78 is 23.8. The number of nitrogens with zero attached hydrogens (tertiary/aromatic N) is 6. The predicted molar refractivity (Wildman–Crippen MR) is 553 cm³/mol. The summed E-state index contributed by atoms with van der Waals surface area (Å²) in [5.74, 6) is 8.24. The fourth-order valence-corrected chi connectivity index (χ4v) is 33.4. The Morgan fingerprint density at radius 2 is 0.564 bits per heavy atom. The molecule has 133 heavy (non-hydrogen) atoms. The van der Waals surface area contributed by atoms with Gasteiger partial charge in [0.05, 0.1) is 94.5 Å². The molecule has 8 aliphatic heterocycles. The van der Waals surface area contributed by atoms with E-state index in [1.54, 1.807) is 20.9 Å². The summed E-state index contributed by atoms with van der Waals surface area (Å²) >= 11 is 3.89. The maximum absolute atomic E-state index is 6.07. The number of hydrogen-bond acceptors (Lipinski definition) is 12. The van der Waals surface area contributed by atoms with Crippen molar-refractivity contribution in [1.82, 2.24) is 0 Å². The third kappa shape index (κ3) is 12.6. The molecule has 7 aliphatic carbocycles. The monoisotopic (exact) mass is 1810 g/mol. The van der Waals surface area contributed by atoms with Gasteiger partial charge in [-0.15, -0.1) is 22.7 Å². The zero-order valence-corrected chi connectivity index (χ0v) is 85.6. The van der Waals surface area contributed by atoms with Crippen molar-refractivity contribution in [2.75, 3.05) is 29.4 Å². The molecule has 27 rings (SSSR count). The molecule has 8 atom stereocenters. The van der Waals surface area contributed by atoms with Crippen molar-refractivity contribution in [2.45, 2.75) is 355 Å². The van der Waals surface area contributed by atoms with Crippen molar-refractivity contribution < 1.29 is 17.7 Å². The minimum Gasteiger partial charge on any atom is -0.467 e. The first kappa shape index (κ1) is 90.1. The third-order valence-electron chi connectivity index (χ3n) is 39.0. The van der Waals surface area contributed by atoms with Crippen LogP contribution >= 0.6 is 22.7 Å². The largest absolute Gasteiger partial charge is 0.467 e. The molecule has 6 aromatic carbocycles. The second-order valence-corrected chi connectivity index (χ2v) is 47.6. The Balaban J connectivity index is 0.0000000962. The van der Waals surface area contributed by atoms with Crippen LogP contribution in [0.1, 0.15) is 380 Å². The minimum atomic E-state index is -0.0721. The molecular formula is C121H148N6O4S2. The van der Waals surface area contributed by atoms with Crippen LogP contribution in [0.3, 0.4) is 0 Å². The van der Waals surface area contributed by atoms with Gasteiger partial charge in [-0.25, -0.2) is 0 Å². The smallest absolute Gasteiger partial charge is 0.131 e. The van der Waals surface area contributed by atoms with Crippen molar-refractivity contribution in [2.24, 2.45) is 34.5 Å². The van der Waals surface area contributed by atoms with E-state index in [2.05, 4.69) is 362 Å². The van der Waals surface area contributed by atoms with Gasteiger partial charge in [-0.05, 0) is 329 Å². The van der Waals surface area contributed by atoms with Gasteiger partial charge in [-0.1, -0.05) is 216 Å². The van der Waals surface area contributed by atoms with Crippen molar-refractivity contribution >= 4 is 56.8 Å². The molecule has 4 spiro atoms. The average molecular weight is 1810 g/mol. The first-order chi connectivity index (χ1) is 63.7. The average Bonchev–Trinajstić information content (AvgIpc) is 1.56. The van der Waals surface area contributed by atoms with E-state index in [1.807, 2.05) is 47.7 Å². The van der Waals surface area contributed by atoms with Crippen molar-refractivity contribution in [1.29, 1.82) is 0 Å². The molecule has 7 saturated carbocycles. The van der Waals surface area contributed by atoms with Crippen LogP contribution in [-0.2, 0) is 44.1 Å². The third-order valence-corrected chi connectivity index (χ3v) is 41.2. The number of thiophene rings is 2. The van der Waals surface area contributed by atoms with Gasteiger partial charge in [0.25, 0.3) is 0 Å². The molecule has 0 N–H and O–H groups in total. The molecule has 10 nitrogen and oxygen atoms in total. The maximum atomic E-state index is 6.07. The molecule has 12 heteroatoms. The Kier molecular flexibility index (Phi) is 22.1. The Morgan fingerprint density at radius 1 is 0.271 bits per heavy atom. The van der Waals surface area contributed by atoms with Crippen molar-refractivity contribution in [3.8, 4) is 0 Å². The molecule has 698 valence electrons. The molecule has 8 unspecified atom stereocenters. The van der Waals surface area contributed by atoms with E-state index in [0.717, 1.165) is 35.2 Å². The van der Waals surface area contributed by atoms with Crippen LogP contribution in [0.4, 0.5) is 34.1 Å². The Labute approximate surface area is 803 Å². The fourth-order valence-electron chi connectivity index (χ4n) is 31.4. The highest BCUT2D eigenvalue weighted by molar-refractivity contribution is 7.10. The molecular weight excluding hydrogens is 1670 g/mol. The molecule has 0 amide bonds. The molecule has 6 aromatic heterocycles. The number of fused-ring (bicyclic) bond motifs is 17. The van der Waals surface area contributed by atoms with Gasteiger partial charge in [-0.2, -0.15) is 0 Å². The van der Waals surface area contributed by atoms with E-state index in [4.69, 9.17) is 17.7 Å². The lowest BCUT2D eigenvalue weighted by Gasteiger charge is -2.63. The van der Waals surface area contributed by atoms with Crippen LogP contribution in [0.25, 0.3) is 0 Å². The van der Waals surface area contributed by atoms with Gasteiger partial charge in [-0.3, -0.25) is 0 Å². The van der Waals surface area contributed by atoms with Crippen molar-refractivity contribution in [3.05, 3.63) is 316 Å². The highest BCUT2D eigenvalue weighted by Gasteiger charge is 2.69. The molecule has 14 heterocycles. The fraction of sp³-hybridized carbons (Fsp3) is 0.504. The minimum absolute atomic E-state index is 0.0597. The lowest BCUT2D eigenvalue weighted by Crippen LogP contribution is -2.62. The first-order valence-corrected chi connectivity index (χ1v) is 53.1. The van der Waals surface area contributed by atoms with Gasteiger partial charge in [0.15, 0.2) is 0 Å². The summed E-state index contributed by atoms with van der Waals surface area (Å²) in [5.41, 5.74) is 29.6. The molecule has 15 aliphatic rings. The molecule has 0 radical (unpaired) electrons. The summed E-state index contributed by atoms with van der Waals surface area (Å²) in [4.78, 5) is 19.4. The number of anilines is 6. The Bertz CT molecular complexity index is 6050. The van der Waals surface area contributed by atoms with E-state index in [0.29, 0.717) is 24.2 Å². The summed E-state index contributed by atoms with van der Waals surface area (Å²) in [5, 5.41) is 4.59. The molecule has 12 aromatic rings. The summed E-state index contributed by atoms with van der Waals surface area (Å²) in [6, 6.07) is 65.0. The lowest BCUT2D eigenvalue weighted by atomic mass is 9.47. The summed E-state index contributed by atoms with van der Waals surface area (Å²) in [7, 11) is 0. The van der Waals surface area contributed by atoms with Gasteiger partial charge in [0.2, 0.25) is 0 Å². The van der Waals surface area contributed by atoms with Gasteiger partial charge in [0, 0.05) is 77.0 Å². The highest BCUT2D eigenvalue weighted by Crippen LogP contribution is 2.73. The summed E-state index contributed by atoms with van der Waals surface area (Å²) in [6.07, 6.45) is 33.4. The van der Waals surface area contributed by atoms with Crippen LogP contribution in [0.15, 0.2) is 223 Å². The van der Waals surface area contributed by atoms with E-state index < -0.39 is 0 Å². The van der Waals surface area contributed by atoms with Crippen LogP contribution in [0.5, 0.6) is 0 Å². The van der Waals surface area contributed by atoms with Gasteiger partial charge < -0.3 is 47.1 Å². The normalized spacial score (nSPS) is 29.0. The van der Waals surface area contributed by atoms with Crippen LogP contribution in [0, 0.1) is 76.0 Å². The van der Waals surface area contributed by atoms with E-state index in [1.165, 1.54) is 234 Å². The maximum Gasteiger partial charge on any atom is 0.131 e. The Hall–Kier alpha value is -9.36. The second-order valence-electron chi connectivity index (χ2n) is 45.8. The Morgan fingerprint density at radius 3 is 0.940 bits per heavy atom. The van der Waals surface area contributed by atoms with E-state index >= 15 is 0 Å². The SMILES string of the molecule is Cc1cccc2c1N1C(C)c3occc3C1(C)C(C)(C)C2(C)C.Cc1cccc2c1N1C(C)c3occc3C1(C)C(C)(C)C2(C)C.Cc1ccccc1N1C(C)c2occc2C12C1CC3CC(C1)CC2C3.Cc1ccccc1N1C(C)c2occc2C12CCCCC2.Cc1ccccc1N1C(C)c2sccc2C12CCCC2.Cc1ccccc1N1C(C)c2sccc2C12CCCCC2. The van der Waals surface area contributed by atoms with E-state index in [9.17, 15) is 0 Å². The number of benzene rings is 6. The van der Waals surface area contributed by atoms with Crippen LogP contribution in [0.2, 0.25) is 0 Å². The highest BCUT2D eigenvalue weighted by atomic mass is 32.1. The molecule has 4 bridgehead atoms. The number of rotatable bonds is 4. The predicted octanol–water partition coefficient (Wildman–Crippen LogP) is 33.8. The number of furan rings is 4. The summed E-state index contributed by atoms with van der Waals surface area (Å²) in [6.45, 7) is 51.5. The van der Waals surface area contributed by atoms with E-state index in [-0.39, 0.29) is 67.0 Å². The zero-order chi connectivity index (χ0) is 93.0. The van der Waals surface area contributed by atoms with Crippen LogP contribution < -0.4 is 29.4 Å². The second kappa shape index (κ2) is 32.7.